The number of hydrogen-bond acceptors (Lipinski definition) is 3. The van der Waals surface area contributed by atoms with Crippen molar-refractivity contribution in [1.29, 1.82) is 0 Å². The minimum Gasteiger partial charge on any atom is -0.508 e. The number of amides is 1. The maximum atomic E-state index is 12.0. The van der Waals surface area contributed by atoms with E-state index in [1.807, 2.05) is 0 Å². The molecule has 1 fully saturated rings. The Morgan fingerprint density at radius 1 is 1.42 bits per heavy atom. The summed E-state index contributed by atoms with van der Waals surface area (Å²) in [5.41, 5.74) is 6.89. The van der Waals surface area contributed by atoms with E-state index in [1.54, 1.807) is 24.3 Å². The first-order valence-corrected chi connectivity index (χ1v) is 6.90. The summed E-state index contributed by atoms with van der Waals surface area (Å²) in [6, 6.07) is 6.55. The molecule has 2 unspecified atom stereocenters. The van der Waals surface area contributed by atoms with E-state index in [2.05, 4.69) is 12.2 Å². The number of nitrogens with two attached hydrogens (primary N) is 1. The van der Waals surface area contributed by atoms with Gasteiger partial charge >= 0.3 is 0 Å². The molecule has 4 heteroatoms. The summed E-state index contributed by atoms with van der Waals surface area (Å²) in [5.74, 6) is 0.693. The van der Waals surface area contributed by atoms with Crippen LogP contribution in [0.25, 0.3) is 0 Å². The fraction of sp³-hybridized carbons (Fsp3) is 0.533. The molecule has 0 radical (unpaired) electrons. The molecule has 0 aromatic heterocycles. The first-order chi connectivity index (χ1) is 9.06. The molecule has 3 atom stereocenters. The van der Waals surface area contributed by atoms with Crippen LogP contribution in [0.2, 0.25) is 0 Å². The summed E-state index contributed by atoms with van der Waals surface area (Å²) < 4.78 is 0. The van der Waals surface area contributed by atoms with E-state index >= 15 is 0 Å². The van der Waals surface area contributed by atoms with Gasteiger partial charge in [-0.1, -0.05) is 25.5 Å². The first kappa shape index (κ1) is 13.9. The highest BCUT2D eigenvalue weighted by atomic mass is 16.3. The number of aromatic hydroxyl groups is 1. The zero-order chi connectivity index (χ0) is 13.8. The van der Waals surface area contributed by atoms with Crippen molar-refractivity contribution in [2.75, 3.05) is 0 Å². The summed E-state index contributed by atoms with van der Waals surface area (Å²) in [5, 5.41) is 12.3. The molecule has 4 N–H and O–H groups in total. The lowest BCUT2D eigenvalue weighted by Gasteiger charge is -2.20. The van der Waals surface area contributed by atoms with Gasteiger partial charge in [-0.3, -0.25) is 4.79 Å². The molecule has 2 rings (SSSR count). The summed E-state index contributed by atoms with van der Waals surface area (Å²) >= 11 is 0. The van der Waals surface area contributed by atoms with E-state index in [0.29, 0.717) is 12.3 Å². The number of benzene rings is 1. The Bertz CT molecular complexity index is 430. The normalized spacial score (nSPS) is 24.1. The van der Waals surface area contributed by atoms with Crippen LogP contribution in [0.4, 0.5) is 0 Å². The fourth-order valence-corrected chi connectivity index (χ4v) is 2.63. The Balaban J connectivity index is 1.86. The molecule has 1 aliphatic rings. The summed E-state index contributed by atoms with van der Waals surface area (Å²) in [4.78, 5) is 12.0. The monoisotopic (exact) mass is 262 g/mol. The molecular weight excluding hydrogens is 240 g/mol. The van der Waals surface area contributed by atoms with Gasteiger partial charge in [0.05, 0.1) is 6.04 Å². The predicted octanol–water partition coefficient (Wildman–Crippen LogP) is 1.57. The van der Waals surface area contributed by atoms with Gasteiger partial charge in [-0.25, -0.2) is 0 Å². The molecule has 1 aliphatic carbocycles. The van der Waals surface area contributed by atoms with E-state index in [1.165, 1.54) is 12.8 Å². The van der Waals surface area contributed by atoms with Gasteiger partial charge in [0.2, 0.25) is 5.91 Å². The Labute approximate surface area is 114 Å². The average Bonchev–Trinajstić information content (AvgIpc) is 2.78. The van der Waals surface area contributed by atoms with Crippen LogP contribution in [-0.2, 0) is 11.2 Å². The molecule has 0 spiro atoms. The standard InChI is InChI=1S/C15H22N2O2/c1-10-3-2-4-14(10)17-15(19)13(16)9-11-5-7-12(18)8-6-11/h5-8,10,13-14,18H,2-4,9,16H2,1H3,(H,17,19)/t10?,13-,14?/m0/s1. The molecule has 0 heterocycles. The third-order valence-corrected chi connectivity index (χ3v) is 3.92. The van der Waals surface area contributed by atoms with Gasteiger partial charge in [0.15, 0.2) is 0 Å². The Kier molecular flexibility index (Phi) is 4.43. The lowest BCUT2D eigenvalue weighted by Crippen LogP contribution is -2.47. The van der Waals surface area contributed by atoms with Crippen LogP contribution in [0.5, 0.6) is 5.75 Å². The van der Waals surface area contributed by atoms with Crippen LogP contribution in [0.15, 0.2) is 24.3 Å². The third-order valence-electron chi connectivity index (χ3n) is 3.92. The second-order valence-corrected chi connectivity index (χ2v) is 5.50. The number of phenolic OH excluding ortho intramolecular Hbond substituents is 1. The number of phenols is 1. The number of carbonyl (C=O) groups is 1. The number of nitrogens with one attached hydrogen (secondary N) is 1. The lowest BCUT2D eigenvalue weighted by atomic mass is 10.0. The van der Waals surface area contributed by atoms with Gasteiger partial charge in [0.1, 0.15) is 5.75 Å². The SMILES string of the molecule is CC1CCCC1NC(=O)[C@@H](N)Cc1ccc(O)cc1. The summed E-state index contributed by atoms with van der Waals surface area (Å²) in [6.45, 7) is 2.17. The molecular formula is C15H22N2O2. The molecule has 1 saturated carbocycles. The van der Waals surface area contributed by atoms with Crippen molar-refractivity contribution in [3.8, 4) is 5.75 Å². The van der Waals surface area contributed by atoms with Crippen molar-refractivity contribution in [2.24, 2.45) is 11.7 Å². The molecule has 19 heavy (non-hydrogen) atoms. The Hall–Kier alpha value is -1.55. The molecule has 0 aliphatic heterocycles. The highest BCUT2D eigenvalue weighted by Crippen LogP contribution is 2.24. The van der Waals surface area contributed by atoms with Gasteiger partial charge in [-0.2, -0.15) is 0 Å². The number of carbonyl (C=O) groups excluding carboxylic acids is 1. The van der Waals surface area contributed by atoms with Gasteiger partial charge < -0.3 is 16.2 Å². The van der Waals surface area contributed by atoms with E-state index in [0.717, 1.165) is 12.0 Å². The number of hydrogen-bond donors (Lipinski definition) is 3. The van der Waals surface area contributed by atoms with Gasteiger partial charge in [-0.15, -0.1) is 0 Å². The zero-order valence-electron chi connectivity index (χ0n) is 11.3. The second kappa shape index (κ2) is 6.06. The molecule has 1 aromatic rings. The Morgan fingerprint density at radius 3 is 2.68 bits per heavy atom. The van der Waals surface area contributed by atoms with Crippen molar-refractivity contribution in [1.82, 2.24) is 5.32 Å². The van der Waals surface area contributed by atoms with Crippen LogP contribution in [0.1, 0.15) is 31.7 Å². The highest BCUT2D eigenvalue weighted by molar-refractivity contribution is 5.82. The van der Waals surface area contributed by atoms with Crippen LogP contribution in [0, 0.1) is 5.92 Å². The van der Waals surface area contributed by atoms with E-state index < -0.39 is 6.04 Å². The van der Waals surface area contributed by atoms with E-state index in [-0.39, 0.29) is 17.7 Å². The maximum Gasteiger partial charge on any atom is 0.237 e. The minimum absolute atomic E-state index is 0.0770. The highest BCUT2D eigenvalue weighted by Gasteiger charge is 2.26. The van der Waals surface area contributed by atoms with Crippen LogP contribution >= 0.6 is 0 Å². The van der Waals surface area contributed by atoms with Crippen LogP contribution in [0.3, 0.4) is 0 Å². The fourth-order valence-electron chi connectivity index (χ4n) is 2.63. The van der Waals surface area contributed by atoms with Gasteiger partial charge in [0, 0.05) is 6.04 Å². The quantitative estimate of drug-likeness (QED) is 0.771. The van der Waals surface area contributed by atoms with Gasteiger partial charge in [0.25, 0.3) is 0 Å². The smallest absolute Gasteiger partial charge is 0.237 e. The zero-order valence-corrected chi connectivity index (χ0v) is 11.3. The molecule has 1 amide bonds. The van der Waals surface area contributed by atoms with Crippen molar-refractivity contribution in [3.05, 3.63) is 29.8 Å². The van der Waals surface area contributed by atoms with E-state index in [9.17, 15) is 9.90 Å². The van der Waals surface area contributed by atoms with Crippen molar-refractivity contribution in [3.63, 3.8) is 0 Å². The molecule has 104 valence electrons. The molecule has 1 aromatic carbocycles. The average molecular weight is 262 g/mol. The third kappa shape index (κ3) is 3.70. The van der Waals surface area contributed by atoms with E-state index in [4.69, 9.17) is 5.73 Å². The predicted molar refractivity (Wildman–Crippen MR) is 74.7 cm³/mol. The topological polar surface area (TPSA) is 75.4 Å². The van der Waals surface area contributed by atoms with Crippen molar-refractivity contribution >= 4 is 5.91 Å². The minimum atomic E-state index is -0.530. The first-order valence-electron chi connectivity index (χ1n) is 6.90. The second-order valence-electron chi connectivity index (χ2n) is 5.50. The Morgan fingerprint density at radius 2 is 2.11 bits per heavy atom. The van der Waals surface area contributed by atoms with Crippen LogP contribution < -0.4 is 11.1 Å². The maximum absolute atomic E-state index is 12.0. The van der Waals surface area contributed by atoms with Crippen molar-refractivity contribution in [2.45, 2.75) is 44.7 Å². The summed E-state index contributed by atoms with van der Waals surface area (Å²) in [6.07, 6.45) is 3.91. The molecule has 0 saturated heterocycles. The molecule has 4 nitrogen and oxygen atoms in total. The lowest BCUT2D eigenvalue weighted by molar-refractivity contribution is -0.123. The van der Waals surface area contributed by atoms with Gasteiger partial charge in [-0.05, 0) is 42.9 Å². The largest absolute Gasteiger partial charge is 0.508 e. The number of rotatable bonds is 4. The molecule has 0 bridgehead atoms. The van der Waals surface area contributed by atoms with Crippen molar-refractivity contribution < 1.29 is 9.90 Å². The van der Waals surface area contributed by atoms with Crippen LogP contribution in [-0.4, -0.2) is 23.1 Å². The summed E-state index contributed by atoms with van der Waals surface area (Å²) in [7, 11) is 0.